The normalized spacial score (nSPS) is 21.3. The van der Waals surface area contributed by atoms with Gasteiger partial charge in [-0.25, -0.2) is 0 Å². The van der Waals surface area contributed by atoms with Crippen molar-refractivity contribution in [3.05, 3.63) is 11.6 Å². The van der Waals surface area contributed by atoms with Gasteiger partial charge in [0.15, 0.2) is 0 Å². The van der Waals surface area contributed by atoms with Gasteiger partial charge in [-0.15, -0.1) is 0 Å². The summed E-state index contributed by atoms with van der Waals surface area (Å²) in [5.41, 5.74) is 0.924. The first-order valence-corrected chi connectivity index (χ1v) is 4.02. The van der Waals surface area contributed by atoms with Gasteiger partial charge in [0.25, 0.3) is 0 Å². The molecule has 2 heteroatoms. The van der Waals surface area contributed by atoms with Crippen LogP contribution >= 0.6 is 0 Å². The SMILES string of the molecule is CC=C(C#N)C1CCOCC1. The van der Waals surface area contributed by atoms with Crippen molar-refractivity contribution in [2.75, 3.05) is 13.2 Å². The Morgan fingerprint density at radius 3 is 2.64 bits per heavy atom. The average Bonchev–Trinajstić information content (AvgIpc) is 2.09. The number of ether oxygens (including phenoxy) is 1. The fourth-order valence-corrected chi connectivity index (χ4v) is 1.40. The van der Waals surface area contributed by atoms with E-state index in [-0.39, 0.29) is 0 Å². The molecule has 0 saturated carbocycles. The maximum absolute atomic E-state index is 8.72. The Hall–Kier alpha value is -0.810. The Kier molecular flexibility index (Phi) is 3.13. The molecule has 11 heavy (non-hydrogen) atoms. The summed E-state index contributed by atoms with van der Waals surface area (Å²) in [6.45, 7) is 3.54. The minimum absolute atomic E-state index is 0.457. The smallest absolute Gasteiger partial charge is 0.0946 e. The zero-order chi connectivity index (χ0) is 8.10. The number of rotatable bonds is 1. The van der Waals surface area contributed by atoms with Crippen molar-refractivity contribution in [2.24, 2.45) is 5.92 Å². The van der Waals surface area contributed by atoms with E-state index in [2.05, 4.69) is 6.07 Å². The van der Waals surface area contributed by atoms with Crippen LogP contribution in [-0.2, 0) is 4.74 Å². The molecule has 0 bridgehead atoms. The van der Waals surface area contributed by atoms with Gasteiger partial charge < -0.3 is 4.74 Å². The van der Waals surface area contributed by atoms with Crippen LogP contribution in [0.2, 0.25) is 0 Å². The van der Waals surface area contributed by atoms with E-state index in [1.807, 2.05) is 13.0 Å². The lowest BCUT2D eigenvalue weighted by molar-refractivity contribution is 0.0767. The lowest BCUT2D eigenvalue weighted by Crippen LogP contribution is -2.16. The monoisotopic (exact) mass is 151 g/mol. The second-order valence-corrected chi connectivity index (χ2v) is 2.74. The standard InChI is InChI=1S/C9H13NO/c1-2-8(7-10)9-3-5-11-6-4-9/h2,9H,3-6H2,1H3. The first-order chi connectivity index (χ1) is 5.38. The number of nitrogens with zero attached hydrogens (tertiary/aromatic N) is 1. The summed E-state index contributed by atoms with van der Waals surface area (Å²) in [5.74, 6) is 0.457. The Balaban J connectivity index is 2.52. The Morgan fingerprint density at radius 2 is 2.18 bits per heavy atom. The van der Waals surface area contributed by atoms with E-state index < -0.39 is 0 Å². The van der Waals surface area contributed by atoms with E-state index in [9.17, 15) is 0 Å². The quantitative estimate of drug-likeness (QED) is 0.536. The van der Waals surface area contributed by atoms with Crippen molar-refractivity contribution in [1.29, 1.82) is 5.26 Å². The molecule has 60 valence electrons. The molecule has 0 unspecified atom stereocenters. The van der Waals surface area contributed by atoms with Crippen LogP contribution in [0.4, 0.5) is 0 Å². The molecule has 1 rings (SSSR count). The molecule has 1 aliphatic heterocycles. The lowest BCUT2D eigenvalue weighted by atomic mass is 9.92. The maximum Gasteiger partial charge on any atom is 0.0946 e. The molecule has 0 spiro atoms. The van der Waals surface area contributed by atoms with Crippen LogP contribution in [0.15, 0.2) is 11.6 Å². The summed E-state index contributed by atoms with van der Waals surface area (Å²) in [4.78, 5) is 0. The molecule has 0 aromatic heterocycles. The largest absolute Gasteiger partial charge is 0.381 e. The molecule has 1 heterocycles. The molecule has 1 fully saturated rings. The summed E-state index contributed by atoms with van der Waals surface area (Å²) in [6, 6.07) is 2.23. The number of hydrogen-bond donors (Lipinski definition) is 0. The molecule has 0 aliphatic carbocycles. The van der Waals surface area contributed by atoms with Crippen molar-refractivity contribution >= 4 is 0 Å². The highest BCUT2D eigenvalue weighted by Crippen LogP contribution is 2.22. The third-order valence-electron chi connectivity index (χ3n) is 2.10. The Morgan fingerprint density at radius 1 is 1.55 bits per heavy atom. The van der Waals surface area contributed by atoms with Crippen LogP contribution in [-0.4, -0.2) is 13.2 Å². The van der Waals surface area contributed by atoms with Crippen LogP contribution in [0, 0.1) is 17.2 Å². The van der Waals surface area contributed by atoms with Gasteiger partial charge in [-0.2, -0.15) is 5.26 Å². The molecule has 1 aliphatic rings. The van der Waals surface area contributed by atoms with Crippen molar-refractivity contribution < 1.29 is 4.74 Å². The zero-order valence-electron chi connectivity index (χ0n) is 6.84. The maximum atomic E-state index is 8.72. The van der Waals surface area contributed by atoms with Gasteiger partial charge in [-0.3, -0.25) is 0 Å². The van der Waals surface area contributed by atoms with E-state index in [0.29, 0.717) is 5.92 Å². The van der Waals surface area contributed by atoms with Crippen molar-refractivity contribution in [3.8, 4) is 6.07 Å². The van der Waals surface area contributed by atoms with Gasteiger partial charge in [0.05, 0.1) is 6.07 Å². The minimum Gasteiger partial charge on any atom is -0.381 e. The van der Waals surface area contributed by atoms with Crippen LogP contribution in [0.25, 0.3) is 0 Å². The Bertz CT molecular complexity index is 184. The molecule has 0 radical (unpaired) electrons. The topological polar surface area (TPSA) is 33.0 Å². The van der Waals surface area contributed by atoms with Crippen molar-refractivity contribution in [2.45, 2.75) is 19.8 Å². The molecule has 0 aromatic rings. The third kappa shape index (κ3) is 2.06. The van der Waals surface area contributed by atoms with Gasteiger partial charge >= 0.3 is 0 Å². The first kappa shape index (κ1) is 8.29. The minimum atomic E-state index is 0.457. The predicted molar refractivity (Wildman–Crippen MR) is 42.9 cm³/mol. The fraction of sp³-hybridized carbons (Fsp3) is 0.667. The highest BCUT2D eigenvalue weighted by atomic mass is 16.5. The third-order valence-corrected chi connectivity index (χ3v) is 2.10. The first-order valence-electron chi connectivity index (χ1n) is 4.02. The summed E-state index contributed by atoms with van der Waals surface area (Å²) in [5, 5.41) is 8.72. The van der Waals surface area contributed by atoms with E-state index in [0.717, 1.165) is 31.6 Å². The molecule has 2 nitrogen and oxygen atoms in total. The van der Waals surface area contributed by atoms with Gasteiger partial charge in [0, 0.05) is 18.8 Å². The zero-order valence-corrected chi connectivity index (χ0v) is 6.84. The van der Waals surface area contributed by atoms with Gasteiger partial charge in [-0.1, -0.05) is 6.08 Å². The molecule has 1 saturated heterocycles. The molecule has 0 atom stereocenters. The predicted octanol–water partition coefficient (Wildman–Crippen LogP) is 1.88. The summed E-state index contributed by atoms with van der Waals surface area (Å²) >= 11 is 0. The van der Waals surface area contributed by atoms with Crippen molar-refractivity contribution in [1.82, 2.24) is 0 Å². The molecular weight excluding hydrogens is 138 g/mol. The van der Waals surface area contributed by atoms with Gasteiger partial charge in [0.1, 0.15) is 0 Å². The lowest BCUT2D eigenvalue weighted by Gasteiger charge is -2.20. The van der Waals surface area contributed by atoms with E-state index in [1.54, 1.807) is 0 Å². The average molecular weight is 151 g/mol. The number of nitriles is 1. The fourth-order valence-electron chi connectivity index (χ4n) is 1.40. The van der Waals surface area contributed by atoms with E-state index >= 15 is 0 Å². The number of allylic oxidation sites excluding steroid dienone is 2. The molecular formula is C9H13NO. The summed E-state index contributed by atoms with van der Waals surface area (Å²) in [6.07, 6.45) is 3.93. The number of hydrogen-bond acceptors (Lipinski definition) is 2. The van der Waals surface area contributed by atoms with E-state index in [1.165, 1.54) is 0 Å². The second kappa shape index (κ2) is 4.15. The highest BCUT2D eigenvalue weighted by molar-refractivity contribution is 5.23. The molecule has 0 N–H and O–H groups in total. The van der Waals surface area contributed by atoms with E-state index in [4.69, 9.17) is 10.00 Å². The molecule has 0 aromatic carbocycles. The summed E-state index contributed by atoms with van der Waals surface area (Å²) < 4.78 is 5.20. The summed E-state index contributed by atoms with van der Waals surface area (Å²) in [7, 11) is 0. The van der Waals surface area contributed by atoms with Crippen LogP contribution in [0.3, 0.4) is 0 Å². The van der Waals surface area contributed by atoms with Crippen molar-refractivity contribution in [3.63, 3.8) is 0 Å². The van der Waals surface area contributed by atoms with Crippen LogP contribution < -0.4 is 0 Å². The van der Waals surface area contributed by atoms with Crippen LogP contribution in [0.5, 0.6) is 0 Å². The highest BCUT2D eigenvalue weighted by Gasteiger charge is 2.16. The molecule has 0 amide bonds. The van der Waals surface area contributed by atoms with Gasteiger partial charge in [0.2, 0.25) is 0 Å². The second-order valence-electron chi connectivity index (χ2n) is 2.74. The van der Waals surface area contributed by atoms with Crippen LogP contribution in [0.1, 0.15) is 19.8 Å². The van der Waals surface area contributed by atoms with Gasteiger partial charge in [-0.05, 0) is 25.7 Å². The Labute approximate surface area is 67.5 Å².